The summed E-state index contributed by atoms with van der Waals surface area (Å²) in [6.45, 7) is 1.14. The van der Waals surface area contributed by atoms with Crippen molar-refractivity contribution in [2.75, 3.05) is 6.26 Å². The Kier molecular flexibility index (Phi) is 4.59. The number of aliphatic hydroxyl groups is 1. The van der Waals surface area contributed by atoms with Crippen molar-refractivity contribution >= 4 is 9.84 Å². The minimum atomic E-state index is -3.94. The first-order valence-electron chi connectivity index (χ1n) is 7.45. The summed E-state index contributed by atoms with van der Waals surface area (Å²) in [6.07, 6.45) is 0.783. The molecule has 0 fully saturated rings. The summed E-state index contributed by atoms with van der Waals surface area (Å²) < 4.78 is 57.1. The van der Waals surface area contributed by atoms with Crippen LogP contribution in [0.1, 0.15) is 11.5 Å². The van der Waals surface area contributed by atoms with E-state index in [2.05, 4.69) is 10.1 Å². The van der Waals surface area contributed by atoms with Crippen molar-refractivity contribution in [3.8, 4) is 22.5 Å². The molecule has 3 rings (SSSR count). The topological polar surface area (TPSA) is 93.3 Å². The number of aromatic nitrogens is 2. The van der Waals surface area contributed by atoms with Crippen LogP contribution in [0.4, 0.5) is 8.78 Å². The maximum Gasteiger partial charge on any atom is 0.178 e. The number of aryl methyl sites for hydroxylation is 1. The summed E-state index contributed by atoms with van der Waals surface area (Å²) in [5.74, 6) is -2.19. The first kappa shape index (κ1) is 18.2. The molecule has 2 aromatic heterocycles. The highest BCUT2D eigenvalue weighted by Gasteiger charge is 2.25. The largest absolute Gasteiger partial charge is 0.388 e. The Balaban J connectivity index is 2.28. The smallest absolute Gasteiger partial charge is 0.178 e. The standard InChI is InChI=1S/C17H14F2N2O4S/c1-9-4-3-5-13(20-9)17-16(14(8-22)25-21-17)10-6-12(19)15(7-11(10)18)26(2,23)24/h3-7,22H,8H2,1-2H3. The normalized spacial score (nSPS) is 11.7. The highest BCUT2D eigenvalue weighted by molar-refractivity contribution is 7.90. The Morgan fingerprint density at radius 2 is 1.92 bits per heavy atom. The van der Waals surface area contributed by atoms with Crippen molar-refractivity contribution in [2.24, 2.45) is 0 Å². The quantitative estimate of drug-likeness (QED) is 0.748. The van der Waals surface area contributed by atoms with Crippen molar-refractivity contribution < 1.29 is 26.8 Å². The van der Waals surface area contributed by atoms with Gasteiger partial charge in [0.1, 0.15) is 28.8 Å². The average molecular weight is 380 g/mol. The molecule has 2 heterocycles. The van der Waals surface area contributed by atoms with Gasteiger partial charge in [-0.2, -0.15) is 0 Å². The SMILES string of the molecule is Cc1cccc(-c2noc(CO)c2-c2cc(F)c(S(C)(=O)=O)cc2F)n1. The molecule has 1 aromatic carbocycles. The van der Waals surface area contributed by atoms with Crippen LogP contribution in [0.2, 0.25) is 0 Å². The van der Waals surface area contributed by atoms with E-state index in [0.29, 0.717) is 17.5 Å². The van der Waals surface area contributed by atoms with Gasteiger partial charge in [-0.1, -0.05) is 11.2 Å². The van der Waals surface area contributed by atoms with Crippen molar-refractivity contribution in [1.29, 1.82) is 0 Å². The van der Waals surface area contributed by atoms with E-state index in [1.165, 1.54) is 0 Å². The Morgan fingerprint density at radius 3 is 2.54 bits per heavy atom. The zero-order valence-electron chi connectivity index (χ0n) is 13.8. The van der Waals surface area contributed by atoms with E-state index in [4.69, 9.17) is 4.52 Å². The molecule has 136 valence electrons. The Bertz CT molecular complexity index is 1090. The van der Waals surface area contributed by atoms with Gasteiger partial charge in [-0.15, -0.1) is 0 Å². The second kappa shape index (κ2) is 6.58. The second-order valence-electron chi connectivity index (χ2n) is 5.69. The number of hydrogen-bond acceptors (Lipinski definition) is 6. The summed E-state index contributed by atoms with van der Waals surface area (Å²) in [5, 5.41) is 13.3. The monoisotopic (exact) mass is 380 g/mol. The van der Waals surface area contributed by atoms with Crippen LogP contribution in [0.5, 0.6) is 0 Å². The average Bonchev–Trinajstić information content (AvgIpc) is 2.99. The molecule has 0 aliphatic heterocycles. The molecule has 9 heteroatoms. The van der Waals surface area contributed by atoms with E-state index < -0.39 is 33.0 Å². The van der Waals surface area contributed by atoms with Crippen LogP contribution in [0.25, 0.3) is 22.5 Å². The van der Waals surface area contributed by atoms with Gasteiger partial charge < -0.3 is 9.63 Å². The van der Waals surface area contributed by atoms with Gasteiger partial charge >= 0.3 is 0 Å². The molecule has 0 amide bonds. The number of nitrogens with zero attached hydrogens (tertiary/aromatic N) is 2. The summed E-state index contributed by atoms with van der Waals surface area (Å²) in [7, 11) is -3.94. The zero-order chi connectivity index (χ0) is 19.1. The van der Waals surface area contributed by atoms with E-state index in [1.54, 1.807) is 25.1 Å². The number of hydrogen-bond donors (Lipinski definition) is 1. The third-order valence-electron chi connectivity index (χ3n) is 3.73. The molecule has 3 aromatic rings. The second-order valence-corrected chi connectivity index (χ2v) is 7.67. The first-order valence-corrected chi connectivity index (χ1v) is 9.34. The van der Waals surface area contributed by atoms with Gasteiger partial charge in [0.2, 0.25) is 0 Å². The van der Waals surface area contributed by atoms with Gasteiger partial charge in [0.25, 0.3) is 0 Å². The number of pyridine rings is 1. The van der Waals surface area contributed by atoms with Crippen LogP contribution in [-0.4, -0.2) is 29.9 Å². The Morgan fingerprint density at radius 1 is 1.19 bits per heavy atom. The number of halogens is 2. The predicted octanol–water partition coefficient (Wildman–Crippen LogP) is 2.89. The van der Waals surface area contributed by atoms with Crippen molar-refractivity contribution in [2.45, 2.75) is 18.4 Å². The first-order chi connectivity index (χ1) is 12.2. The fourth-order valence-corrected chi connectivity index (χ4v) is 3.29. The van der Waals surface area contributed by atoms with Gasteiger partial charge in [-0.05, 0) is 31.2 Å². The maximum atomic E-state index is 14.6. The third kappa shape index (κ3) is 3.23. The van der Waals surface area contributed by atoms with Gasteiger partial charge in [0.15, 0.2) is 15.6 Å². The van der Waals surface area contributed by atoms with Crippen molar-refractivity contribution in [1.82, 2.24) is 10.1 Å². The number of aliphatic hydroxyl groups excluding tert-OH is 1. The molecule has 0 saturated heterocycles. The predicted molar refractivity (Wildman–Crippen MR) is 88.9 cm³/mol. The molecular formula is C17H14F2N2O4S. The lowest BCUT2D eigenvalue weighted by atomic mass is 10.0. The highest BCUT2D eigenvalue weighted by Crippen LogP contribution is 2.37. The molecular weight excluding hydrogens is 366 g/mol. The lowest BCUT2D eigenvalue weighted by Crippen LogP contribution is -2.03. The minimum Gasteiger partial charge on any atom is -0.388 e. The minimum absolute atomic E-state index is 0.0158. The van der Waals surface area contributed by atoms with E-state index in [1.807, 2.05) is 0 Å². The summed E-state index contributed by atoms with van der Waals surface area (Å²) >= 11 is 0. The van der Waals surface area contributed by atoms with Crippen LogP contribution in [0.15, 0.2) is 39.8 Å². The molecule has 0 spiro atoms. The number of benzene rings is 1. The van der Waals surface area contributed by atoms with E-state index in [0.717, 1.165) is 12.3 Å². The Hall–Kier alpha value is -2.65. The molecule has 26 heavy (non-hydrogen) atoms. The molecule has 0 unspecified atom stereocenters. The molecule has 1 N–H and O–H groups in total. The summed E-state index contributed by atoms with van der Waals surface area (Å²) in [4.78, 5) is 3.52. The lowest BCUT2D eigenvalue weighted by molar-refractivity contribution is 0.230. The van der Waals surface area contributed by atoms with Gasteiger partial charge in [-0.25, -0.2) is 17.2 Å². The fraction of sp³-hybridized carbons (Fsp3) is 0.176. The number of sulfone groups is 1. The maximum absolute atomic E-state index is 14.6. The van der Waals surface area contributed by atoms with Crippen molar-refractivity contribution in [3.05, 3.63) is 53.4 Å². The Labute approximate surface area is 148 Å². The lowest BCUT2D eigenvalue weighted by Gasteiger charge is -2.08. The molecule has 0 bridgehead atoms. The van der Waals surface area contributed by atoms with Crippen LogP contribution >= 0.6 is 0 Å². The van der Waals surface area contributed by atoms with Crippen LogP contribution < -0.4 is 0 Å². The molecule has 0 aliphatic carbocycles. The van der Waals surface area contributed by atoms with E-state index in [9.17, 15) is 22.3 Å². The van der Waals surface area contributed by atoms with Gasteiger partial charge in [-0.3, -0.25) is 4.98 Å². The molecule has 0 atom stereocenters. The fourth-order valence-electron chi connectivity index (χ4n) is 2.56. The van der Waals surface area contributed by atoms with E-state index >= 15 is 0 Å². The number of rotatable bonds is 4. The molecule has 0 aliphatic rings. The van der Waals surface area contributed by atoms with E-state index in [-0.39, 0.29) is 22.6 Å². The van der Waals surface area contributed by atoms with Crippen LogP contribution in [-0.2, 0) is 16.4 Å². The van der Waals surface area contributed by atoms with Crippen LogP contribution in [0, 0.1) is 18.6 Å². The van der Waals surface area contributed by atoms with Crippen LogP contribution in [0.3, 0.4) is 0 Å². The van der Waals surface area contributed by atoms with Gasteiger partial charge in [0, 0.05) is 17.5 Å². The third-order valence-corrected chi connectivity index (χ3v) is 4.84. The van der Waals surface area contributed by atoms with Crippen molar-refractivity contribution in [3.63, 3.8) is 0 Å². The molecule has 0 radical (unpaired) electrons. The summed E-state index contributed by atoms with van der Waals surface area (Å²) in [5.41, 5.74) is 0.861. The highest BCUT2D eigenvalue weighted by atomic mass is 32.2. The molecule has 0 saturated carbocycles. The van der Waals surface area contributed by atoms with Gasteiger partial charge in [0.05, 0.1) is 11.3 Å². The zero-order valence-corrected chi connectivity index (χ0v) is 14.6. The molecule has 6 nitrogen and oxygen atoms in total. The summed E-state index contributed by atoms with van der Waals surface area (Å²) in [6, 6.07) is 6.41.